The van der Waals surface area contributed by atoms with Gasteiger partial charge in [-0.1, -0.05) is 17.7 Å². The van der Waals surface area contributed by atoms with Gasteiger partial charge in [-0.3, -0.25) is 14.6 Å². The van der Waals surface area contributed by atoms with Crippen molar-refractivity contribution in [1.82, 2.24) is 14.5 Å². The third kappa shape index (κ3) is 5.56. The largest absolute Gasteiger partial charge is 0.449 e. The van der Waals surface area contributed by atoms with Crippen LogP contribution in [0.1, 0.15) is 39.8 Å². The highest BCUT2D eigenvalue weighted by Crippen LogP contribution is 2.24. The first-order valence-corrected chi connectivity index (χ1v) is 9.97. The lowest BCUT2D eigenvalue weighted by Crippen LogP contribution is -2.25. The second-order valence-electron chi connectivity index (χ2n) is 7.35. The van der Waals surface area contributed by atoms with Crippen LogP contribution in [0.3, 0.4) is 0 Å². The zero-order valence-corrected chi connectivity index (χ0v) is 18.1. The van der Waals surface area contributed by atoms with Gasteiger partial charge in [-0.15, -0.1) is 0 Å². The van der Waals surface area contributed by atoms with E-state index in [-0.39, 0.29) is 23.7 Å². The molecule has 0 saturated carbocycles. The number of allylic oxidation sites excluding steroid dienone is 1. The molecule has 9 heteroatoms. The maximum Gasteiger partial charge on any atom is 0.313 e. The van der Waals surface area contributed by atoms with Crippen molar-refractivity contribution < 1.29 is 14.3 Å². The third-order valence-corrected chi connectivity index (χ3v) is 4.66. The van der Waals surface area contributed by atoms with E-state index in [1.807, 2.05) is 36.6 Å². The number of fused-ring (bicyclic) bond motifs is 1. The Kier molecular flexibility index (Phi) is 7.63. The van der Waals surface area contributed by atoms with Crippen LogP contribution in [-0.2, 0) is 20.8 Å². The molecule has 2 aromatic rings. The van der Waals surface area contributed by atoms with Crippen molar-refractivity contribution in [3.05, 3.63) is 33.0 Å². The summed E-state index contributed by atoms with van der Waals surface area (Å²) in [4.78, 5) is 29.9. The highest BCUT2D eigenvalue weighted by molar-refractivity contribution is 7.71. The second kappa shape index (κ2) is 9.54. The topological polar surface area (TPSA) is 89.1 Å². The zero-order valence-electron chi connectivity index (χ0n) is 16.5. The van der Waals surface area contributed by atoms with E-state index in [4.69, 9.17) is 33.3 Å². The van der Waals surface area contributed by atoms with Crippen LogP contribution in [0.15, 0.2) is 16.9 Å². The lowest BCUT2D eigenvalue weighted by molar-refractivity contribution is -0.151. The van der Waals surface area contributed by atoms with Crippen molar-refractivity contribution in [3.63, 3.8) is 0 Å². The van der Waals surface area contributed by atoms with E-state index in [0.717, 1.165) is 5.69 Å². The van der Waals surface area contributed by atoms with E-state index in [0.29, 0.717) is 35.4 Å². The van der Waals surface area contributed by atoms with Crippen LogP contribution in [0.25, 0.3) is 17.1 Å². The zero-order chi connectivity index (χ0) is 20.9. The summed E-state index contributed by atoms with van der Waals surface area (Å²) in [5, 5.41) is 0. The van der Waals surface area contributed by atoms with Crippen molar-refractivity contribution in [2.45, 2.75) is 46.8 Å². The molecule has 0 unspecified atom stereocenters. The molecular weight excluding hydrogens is 402 g/mol. The Labute approximate surface area is 173 Å². The summed E-state index contributed by atoms with van der Waals surface area (Å²) < 4.78 is 12.7. The number of hydrogen-bond donors (Lipinski definition) is 2. The molecule has 0 bridgehead atoms. The van der Waals surface area contributed by atoms with Gasteiger partial charge in [-0.05, 0) is 58.5 Å². The summed E-state index contributed by atoms with van der Waals surface area (Å²) >= 11 is 10.8. The third-order valence-electron chi connectivity index (χ3n) is 4.23. The molecule has 28 heavy (non-hydrogen) atoms. The summed E-state index contributed by atoms with van der Waals surface area (Å²) in [6.07, 6.45) is 4.26. The number of rotatable bonds is 9. The van der Waals surface area contributed by atoms with E-state index in [9.17, 15) is 9.59 Å². The Balaban J connectivity index is 2.25. The van der Waals surface area contributed by atoms with Gasteiger partial charge in [0.2, 0.25) is 0 Å². The van der Waals surface area contributed by atoms with Crippen molar-refractivity contribution in [1.29, 1.82) is 0 Å². The van der Waals surface area contributed by atoms with Gasteiger partial charge in [0.25, 0.3) is 5.56 Å². The van der Waals surface area contributed by atoms with Gasteiger partial charge in [0.1, 0.15) is 5.52 Å². The smallest absolute Gasteiger partial charge is 0.313 e. The maximum absolute atomic E-state index is 12.2. The number of nitrogens with zero attached hydrogens (tertiary/aromatic N) is 1. The SMILES string of the molecule is CC(C)OCCn1c(=S)[nH]c(=O)c2[nH]c(/C=C\CC(C)(C)C(=O)OCCl)cc21. The molecule has 0 aliphatic rings. The van der Waals surface area contributed by atoms with Gasteiger partial charge in [-0.25, -0.2) is 0 Å². The average Bonchev–Trinajstić information content (AvgIpc) is 3.02. The molecule has 0 atom stereocenters. The maximum atomic E-state index is 12.2. The molecule has 7 nitrogen and oxygen atoms in total. The van der Waals surface area contributed by atoms with Crippen molar-refractivity contribution in [2.24, 2.45) is 5.41 Å². The van der Waals surface area contributed by atoms with Crippen LogP contribution in [0, 0.1) is 10.2 Å². The van der Waals surface area contributed by atoms with Crippen LogP contribution in [0.2, 0.25) is 0 Å². The van der Waals surface area contributed by atoms with E-state index in [1.54, 1.807) is 13.8 Å². The van der Waals surface area contributed by atoms with Gasteiger partial charge in [0.15, 0.2) is 10.8 Å². The molecule has 0 aliphatic carbocycles. The minimum Gasteiger partial charge on any atom is -0.449 e. The number of carbonyl (C=O) groups excluding carboxylic acids is 1. The lowest BCUT2D eigenvalue weighted by atomic mass is 9.89. The Bertz CT molecular complexity index is 972. The summed E-state index contributed by atoms with van der Waals surface area (Å²) in [6.45, 7) is 8.52. The Morgan fingerprint density at radius 3 is 2.75 bits per heavy atom. The van der Waals surface area contributed by atoms with E-state index >= 15 is 0 Å². The van der Waals surface area contributed by atoms with Crippen LogP contribution in [-0.4, -0.2) is 39.3 Å². The predicted octanol–water partition coefficient (Wildman–Crippen LogP) is 3.98. The Morgan fingerprint density at radius 1 is 1.39 bits per heavy atom. The summed E-state index contributed by atoms with van der Waals surface area (Å²) in [5.74, 6) is -0.362. The number of alkyl halides is 1. The van der Waals surface area contributed by atoms with Crippen molar-refractivity contribution in [2.75, 3.05) is 12.7 Å². The summed E-state index contributed by atoms with van der Waals surface area (Å²) in [6, 6.07) is 1.69. The van der Waals surface area contributed by atoms with Crippen LogP contribution >= 0.6 is 23.8 Å². The number of aromatic nitrogens is 3. The predicted molar refractivity (Wildman–Crippen MR) is 113 cm³/mol. The monoisotopic (exact) mass is 427 g/mol. The molecule has 0 saturated heterocycles. The standard InChI is InChI=1S/C19H26ClN3O4S/c1-12(2)26-9-8-23-14-10-13(21-15(14)16(24)22-18(23)28)6-5-7-19(3,4)17(25)27-11-20/h5-6,10,12,21H,7-9,11H2,1-4H3,(H,22,24,28)/b6-5-. The average molecular weight is 428 g/mol. The Morgan fingerprint density at radius 2 is 2.11 bits per heavy atom. The van der Waals surface area contributed by atoms with Crippen LogP contribution in [0.5, 0.6) is 0 Å². The second-order valence-corrected chi connectivity index (χ2v) is 7.95. The summed E-state index contributed by atoms with van der Waals surface area (Å²) in [5.41, 5.74) is 0.921. The molecule has 2 aromatic heterocycles. The number of esters is 1. The first-order chi connectivity index (χ1) is 13.2. The molecule has 0 radical (unpaired) electrons. The highest BCUT2D eigenvalue weighted by Gasteiger charge is 2.27. The van der Waals surface area contributed by atoms with E-state index in [1.165, 1.54) is 0 Å². The van der Waals surface area contributed by atoms with Crippen LogP contribution < -0.4 is 5.56 Å². The molecule has 0 fully saturated rings. The van der Waals surface area contributed by atoms with E-state index in [2.05, 4.69) is 9.97 Å². The van der Waals surface area contributed by atoms with Crippen molar-refractivity contribution >= 4 is 46.9 Å². The Hall–Kier alpha value is -1.90. The number of halogens is 1. The fourth-order valence-electron chi connectivity index (χ4n) is 2.69. The molecule has 2 rings (SSSR count). The normalized spacial score (nSPS) is 12.4. The summed E-state index contributed by atoms with van der Waals surface area (Å²) in [7, 11) is 0. The minimum absolute atomic E-state index is 0.117. The fourth-order valence-corrected chi connectivity index (χ4v) is 3.07. The fraction of sp³-hybridized carbons (Fsp3) is 0.526. The number of nitrogens with one attached hydrogen (secondary N) is 2. The van der Waals surface area contributed by atoms with Gasteiger partial charge in [0, 0.05) is 12.2 Å². The molecule has 2 heterocycles. The molecule has 0 amide bonds. The molecule has 0 aromatic carbocycles. The molecule has 2 N–H and O–H groups in total. The first kappa shape index (κ1) is 22.4. The molecule has 0 spiro atoms. The highest BCUT2D eigenvalue weighted by atomic mass is 35.5. The number of hydrogen-bond acceptors (Lipinski definition) is 5. The quantitative estimate of drug-likeness (QED) is 0.359. The molecule has 154 valence electrons. The number of H-pyrrole nitrogens is 2. The van der Waals surface area contributed by atoms with Crippen molar-refractivity contribution in [3.8, 4) is 0 Å². The van der Waals surface area contributed by atoms with Gasteiger partial charge in [-0.2, -0.15) is 0 Å². The minimum atomic E-state index is -0.698. The lowest BCUT2D eigenvalue weighted by Gasteiger charge is -2.19. The number of aromatic amines is 2. The van der Waals surface area contributed by atoms with Gasteiger partial charge >= 0.3 is 5.97 Å². The molecule has 0 aliphatic heterocycles. The van der Waals surface area contributed by atoms with E-state index < -0.39 is 5.41 Å². The van der Waals surface area contributed by atoms with Gasteiger partial charge < -0.3 is 19.0 Å². The number of ether oxygens (including phenoxy) is 2. The molecular formula is C19H26ClN3O4S. The van der Waals surface area contributed by atoms with Gasteiger partial charge in [0.05, 0.1) is 23.6 Å². The number of carbonyl (C=O) groups is 1. The first-order valence-electron chi connectivity index (χ1n) is 9.03. The van der Waals surface area contributed by atoms with Crippen LogP contribution in [0.4, 0.5) is 0 Å².